The van der Waals surface area contributed by atoms with Crippen LogP contribution in [0.3, 0.4) is 0 Å². The molecule has 4 nitrogen and oxygen atoms in total. The van der Waals surface area contributed by atoms with Crippen LogP contribution in [0.2, 0.25) is 0 Å². The minimum atomic E-state index is -0.628. The third-order valence-corrected chi connectivity index (χ3v) is 5.08. The summed E-state index contributed by atoms with van der Waals surface area (Å²) in [5.41, 5.74) is 2.27. The van der Waals surface area contributed by atoms with Crippen LogP contribution < -0.4 is 4.90 Å². The van der Waals surface area contributed by atoms with Gasteiger partial charge in [-0.25, -0.2) is 4.90 Å². The van der Waals surface area contributed by atoms with Crippen LogP contribution in [0.25, 0.3) is 0 Å². The Bertz CT molecular complexity index is 708. The van der Waals surface area contributed by atoms with Crippen LogP contribution in [-0.2, 0) is 14.3 Å². The maximum absolute atomic E-state index is 12.8. The predicted octanol–water partition coefficient (Wildman–Crippen LogP) is 2.14. The van der Waals surface area contributed by atoms with Crippen molar-refractivity contribution in [1.82, 2.24) is 0 Å². The SMILES string of the molecule is Cc1ccc(N2C(=O)[C@H]3[C@@H]4C=C[C@@](C)(O4)[C@@H]3C2=O)cc1C. The molecule has 1 aromatic rings. The van der Waals surface area contributed by atoms with Crippen molar-refractivity contribution in [2.24, 2.45) is 11.8 Å². The number of anilines is 1. The van der Waals surface area contributed by atoms with Gasteiger partial charge in [0.05, 0.1) is 29.2 Å². The van der Waals surface area contributed by atoms with Crippen molar-refractivity contribution in [2.75, 3.05) is 4.90 Å². The normalized spacial score (nSPS) is 36.7. The van der Waals surface area contributed by atoms with E-state index in [1.165, 1.54) is 4.90 Å². The zero-order chi connectivity index (χ0) is 14.9. The van der Waals surface area contributed by atoms with E-state index in [0.29, 0.717) is 5.69 Å². The lowest BCUT2D eigenvalue weighted by atomic mass is 9.78. The van der Waals surface area contributed by atoms with Crippen molar-refractivity contribution in [3.8, 4) is 0 Å². The average molecular weight is 283 g/mol. The summed E-state index contributed by atoms with van der Waals surface area (Å²) in [6, 6.07) is 5.70. The van der Waals surface area contributed by atoms with Crippen molar-refractivity contribution >= 4 is 17.5 Å². The van der Waals surface area contributed by atoms with Crippen molar-refractivity contribution < 1.29 is 14.3 Å². The standard InChI is InChI=1S/C17H17NO3/c1-9-4-5-11(8-10(9)2)18-15(19)13-12-6-7-17(3,21-12)14(13)16(18)20/h4-8,12-14H,1-3H3/t12-,13-,14-,17+/m0/s1. The van der Waals surface area contributed by atoms with Crippen LogP contribution in [0.15, 0.2) is 30.4 Å². The molecule has 0 aromatic heterocycles. The Balaban J connectivity index is 1.78. The summed E-state index contributed by atoms with van der Waals surface area (Å²) in [7, 11) is 0. The molecule has 4 atom stereocenters. The second-order valence-electron chi connectivity index (χ2n) is 6.41. The Morgan fingerprint density at radius 2 is 1.90 bits per heavy atom. The molecule has 2 fully saturated rings. The fourth-order valence-electron chi connectivity index (χ4n) is 3.77. The maximum Gasteiger partial charge on any atom is 0.241 e. The van der Waals surface area contributed by atoms with Crippen molar-refractivity contribution in [3.63, 3.8) is 0 Å². The first-order valence-electron chi connectivity index (χ1n) is 7.24. The quantitative estimate of drug-likeness (QED) is 0.586. The number of ether oxygens (including phenoxy) is 1. The van der Waals surface area contributed by atoms with Crippen molar-refractivity contribution in [2.45, 2.75) is 32.5 Å². The molecule has 0 N–H and O–H groups in total. The summed E-state index contributed by atoms with van der Waals surface area (Å²) in [6.45, 7) is 5.89. The van der Waals surface area contributed by atoms with Gasteiger partial charge in [-0.05, 0) is 44.0 Å². The molecule has 4 heteroatoms. The molecule has 0 radical (unpaired) electrons. The van der Waals surface area contributed by atoms with E-state index in [0.717, 1.165) is 11.1 Å². The summed E-state index contributed by atoms with van der Waals surface area (Å²) in [6.07, 6.45) is 3.58. The van der Waals surface area contributed by atoms with Gasteiger partial charge in [0, 0.05) is 0 Å². The van der Waals surface area contributed by atoms with Gasteiger partial charge < -0.3 is 4.74 Å². The third kappa shape index (κ3) is 1.48. The zero-order valence-electron chi connectivity index (χ0n) is 12.3. The summed E-state index contributed by atoms with van der Waals surface area (Å²) in [4.78, 5) is 26.8. The first-order chi connectivity index (χ1) is 9.92. The Kier molecular flexibility index (Phi) is 2.33. The highest BCUT2D eigenvalue weighted by molar-refractivity contribution is 6.23. The van der Waals surface area contributed by atoms with E-state index in [-0.39, 0.29) is 29.8 Å². The molecule has 0 aliphatic carbocycles. The number of imide groups is 1. The molecule has 3 aliphatic heterocycles. The second kappa shape index (κ2) is 3.83. The molecular weight excluding hydrogens is 266 g/mol. The smallest absolute Gasteiger partial charge is 0.241 e. The Morgan fingerprint density at radius 3 is 2.57 bits per heavy atom. The first kappa shape index (κ1) is 12.8. The zero-order valence-corrected chi connectivity index (χ0v) is 12.3. The maximum atomic E-state index is 12.8. The lowest BCUT2D eigenvalue weighted by Crippen LogP contribution is -2.38. The van der Waals surface area contributed by atoms with Gasteiger partial charge in [-0.15, -0.1) is 0 Å². The fourth-order valence-corrected chi connectivity index (χ4v) is 3.77. The minimum Gasteiger partial charge on any atom is -0.362 e. The van der Waals surface area contributed by atoms with Crippen LogP contribution in [0.4, 0.5) is 5.69 Å². The number of amides is 2. The van der Waals surface area contributed by atoms with Crippen LogP contribution in [0.5, 0.6) is 0 Å². The van der Waals surface area contributed by atoms with Crippen LogP contribution >= 0.6 is 0 Å². The first-order valence-corrected chi connectivity index (χ1v) is 7.24. The van der Waals surface area contributed by atoms with Gasteiger partial charge in [0.2, 0.25) is 11.8 Å². The van der Waals surface area contributed by atoms with E-state index in [2.05, 4.69) is 0 Å². The summed E-state index contributed by atoms with van der Waals surface area (Å²) >= 11 is 0. The van der Waals surface area contributed by atoms with Crippen molar-refractivity contribution in [3.05, 3.63) is 41.5 Å². The predicted molar refractivity (Wildman–Crippen MR) is 77.8 cm³/mol. The second-order valence-corrected chi connectivity index (χ2v) is 6.41. The molecule has 21 heavy (non-hydrogen) atoms. The van der Waals surface area contributed by atoms with Crippen LogP contribution in [-0.4, -0.2) is 23.5 Å². The summed E-state index contributed by atoms with van der Waals surface area (Å²) in [5.74, 6) is -1.02. The van der Waals surface area contributed by atoms with E-state index in [1.54, 1.807) is 0 Å². The van der Waals surface area contributed by atoms with E-state index in [9.17, 15) is 9.59 Å². The number of nitrogens with zero attached hydrogens (tertiary/aromatic N) is 1. The number of carbonyl (C=O) groups excluding carboxylic acids is 2. The van der Waals surface area contributed by atoms with Crippen molar-refractivity contribution in [1.29, 1.82) is 0 Å². The molecule has 3 aliphatic rings. The van der Waals surface area contributed by atoms with Gasteiger partial charge in [-0.1, -0.05) is 18.2 Å². The van der Waals surface area contributed by atoms with E-state index < -0.39 is 5.60 Å². The molecule has 2 bridgehead atoms. The number of fused-ring (bicyclic) bond motifs is 5. The Labute approximate surface area is 123 Å². The number of hydrogen-bond donors (Lipinski definition) is 0. The average Bonchev–Trinajstić information content (AvgIpc) is 3.03. The van der Waals surface area contributed by atoms with E-state index >= 15 is 0 Å². The van der Waals surface area contributed by atoms with E-state index in [4.69, 9.17) is 4.74 Å². The molecule has 0 saturated carbocycles. The number of aryl methyl sites for hydroxylation is 2. The molecular formula is C17H17NO3. The third-order valence-electron chi connectivity index (χ3n) is 5.08. The van der Waals surface area contributed by atoms with Gasteiger partial charge >= 0.3 is 0 Å². The number of hydrogen-bond acceptors (Lipinski definition) is 3. The monoisotopic (exact) mass is 283 g/mol. The van der Waals surface area contributed by atoms with Crippen LogP contribution in [0, 0.1) is 25.7 Å². The number of rotatable bonds is 1. The van der Waals surface area contributed by atoms with Gasteiger partial charge in [0.25, 0.3) is 0 Å². The highest BCUT2D eigenvalue weighted by Gasteiger charge is 2.65. The Hall–Kier alpha value is -1.94. The van der Waals surface area contributed by atoms with Gasteiger partial charge in [-0.3, -0.25) is 9.59 Å². The molecule has 0 spiro atoms. The minimum absolute atomic E-state index is 0.133. The van der Waals surface area contributed by atoms with Gasteiger partial charge in [0.1, 0.15) is 0 Å². The topological polar surface area (TPSA) is 46.6 Å². The lowest BCUT2D eigenvalue weighted by molar-refractivity contribution is -0.126. The molecule has 1 aromatic carbocycles. The van der Waals surface area contributed by atoms with Crippen LogP contribution in [0.1, 0.15) is 18.1 Å². The fraction of sp³-hybridized carbons (Fsp3) is 0.412. The molecule has 2 saturated heterocycles. The molecule has 2 amide bonds. The highest BCUT2D eigenvalue weighted by Crippen LogP contribution is 2.52. The summed E-state index contributed by atoms with van der Waals surface area (Å²) in [5, 5.41) is 0. The Morgan fingerprint density at radius 1 is 1.14 bits per heavy atom. The highest BCUT2D eigenvalue weighted by atomic mass is 16.5. The molecule has 3 heterocycles. The largest absolute Gasteiger partial charge is 0.362 e. The number of benzene rings is 1. The number of carbonyl (C=O) groups is 2. The molecule has 108 valence electrons. The lowest BCUT2D eigenvalue weighted by Gasteiger charge is -2.24. The molecule has 4 rings (SSSR count). The van der Waals surface area contributed by atoms with Gasteiger partial charge in [-0.2, -0.15) is 0 Å². The molecule has 0 unspecified atom stereocenters. The van der Waals surface area contributed by atoms with E-state index in [1.807, 2.05) is 51.1 Å². The van der Waals surface area contributed by atoms with Gasteiger partial charge in [0.15, 0.2) is 0 Å². The summed E-state index contributed by atoms with van der Waals surface area (Å²) < 4.78 is 5.82.